The van der Waals surface area contributed by atoms with Gasteiger partial charge in [-0.15, -0.1) is 0 Å². The van der Waals surface area contributed by atoms with Crippen molar-refractivity contribution in [2.24, 2.45) is 5.73 Å². The molecule has 1 saturated heterocycles. The average molecular weight is 283 g/mol. The van der Waals surface area contributed by atoms with Gasteiger partial charge in [0.2, 0.25) is 0 Å². The van der Waals surface area contributed by atoms with Crippen molar-refractivity contribution in [2.75, 3.05) is 32.7 Å². The summed E-state index contributed by atoms with van der Waals surface area (Å²) >= 11 is 0. The third-order valence-electron chi connectivity index (χ3n) is 4.08. The van der Waals surface area contributed by atoms with Crippen molar-refractivity contribution >= 4 is 0 Å². The van der Waals surface area contributed by atoms with Gasteiger partial charge in [0.1, 0.15) is 11.6 Å². The van der Waals surface area contributed by atoms with E-state index >= 15 is 0 Å². The maximum Gasteiger partial charge on any atom is 0.130 e. The van der Waals surface area contributed by atoms with Crippen molar-refractivity contribution in [1.29, 1.82) is 0 Å². The van der Waals surface area contributed by atoms with E-state index in [1.54, 1.807) is 0 Å². The molecule has 1 aliphatic rings. The van der Waals surface area contributed by atoms with E-state index in [2.05, 4.69) is 16.7 Å². The maximum absolute atomic E-state index is 13.6. The van der Waals surface area contributed by atoms with E-state index in [1.807, 2.05) is 0 Å². The van der Waals surface area contributed by atoms with Gasteiger partial charge in [-0.2, -0.15) is 0 Å². The minimum absolute atomic E-state index is 0.444. The fraction of sp³-hybridized carbons (Fsp3) is 0.600. The van der Waals surface area contributed by atoms with Crippen LogP contribution in [0.1, 0.15) is 18.9 Å². The van der Waals surface area contributed by atoms with Crippen LogP contribution in [0.2, 0.25) is 0 Å². The zero-order valence-corrected chi connectivity index (χ0v) is 12.0. The highest BCUT2D eigenvalue weighted by atomic mass is 19.1. The van der Waals surface area contributed by atoms with E-state index in [9.17, 15) is 8.78 Å². The van der Waals surface area contributed by atoms with Crippen molar-refractivity contribution in [3.05, 3.63) is 35.4 Å². The Morgan fingerprint density at radius 1 is 1.20 bits per heavy atom. The minimum atomic E-state index is -0.523. The standard InChI is InChI=1S/C15H23F2N3/c1-2-14(10-18)20-7-5-19(6-8-20)11-12-3-4-13(16)9-15(12)17/h3-4,9,14H,2,5-8,10-11,18H2,1H3. The van der Waals surface area contributed by atoms with E-state index in [-0.39, 0.29) is 0 Å². The average Bonchev–Trinajstić information content (AvgIpc) is 2.45. The van der Waals surface area contributed by atoms with E-state index in [0.717, 1.165) is 38.7 Å². The number of halogens is 2. The molecule has 2 rings (SSSR count). The molecular weight excluding hydrogens is 260 g/mol. The summed E-state index contributed by atoms with van der Waals surface area (Å²) < 4.78 is 26.5. The number of piperazine rings is 1. The molecule has 0 aromatic heterocycles. The van der Waals surface area contributed by atoms with Crippen LogP contribution in [0.3, 0.4) is 0 Å². The third kappa shape index (κ3) is 3.75. The predicted molar refractivity (Wildman–Crippen MR) is 76.3 cm³/mol. The highest BCUT2D eigenvalue weighted by Crippen LogP contribution is 2.15. The summed E-state index contributed by atoms with van der Waals surface area (Å²) in [5.74, 6) is -0.981. The van der Waals surface area contributed by atoms with Gasteiger partial charge in [0.15, 0.2) is 0 Å². The van der Waals surface area contributed by atoms with Crippen LogP contribution in [0.15, 0.2) is 18.2 Å². The Hall–Kier alpha value is -1.04. The molecule has 1 aromatic carbocycles. The largest absolute Gasteiger partial charge is 0.329 e. The number of hydrogen-bond acceptors (Lipinski definition) is 3. The molecule has 112 valence electrons. The van der Waals surface area contributed by atoms with Crippen LogP contribution in [-0.2, 0) is 6.54 Å². The van der Waals surface area contributed by atoms with Crippen molar-refractivity contribution in [3.8, 4) is 0 Å². The molecule has 0 amide bonds. The van der Waals surface area contributed by atoms with E-state index < -0.39 is 11.6 Å². The number of rotatable bonds is 5. The Kier molecular flexibility index (Phi) is 5.46. The monoisotopic (exact) mass is 283 g/mol. The lowest BCUT2D eigenvalue weighted by atomic mass is 10.1. The Morgan fingerprint density at radius 3 is 2.45 bits per heavy atom. The Balaban J connectivity index is 1.88. The molecule has 2 N–H and O–H groups in total. The number of benzene rings is 1. The molecule has 1 heterocycles. The lowest BCUT2D eigenvalue weighted by Crippen LogP contribution is -2.51. The summed E-state index contributed by atoms with van der Waals surface area (Å²) in [7, 11) is 0. The SMILES string of the molecule is CCC(CN)N1CCN(Cc2ccc(F)cc2F)CC1. The van der Waals surface area contributed by atoms with E-state index in [0.29, 0.717) is 24.7 Å². The molecule has 20 heavy (non-hydrogen) atoms. The fourth-order valence-electron chi connectivity index (χ4n) is 2.75. The fourth-order valence-corrected chi connectivity index (χ4v) is 2.75. The summed E-state index contributed by atoms with van der Waals surface area (Å²) in [6.07, 6.45) is 1.06. The van der Waals surface area contributed by atoms with Gasteiger partial charge in [-0.25, -0.2) is 8.78 Å². The van der Waals surface area contributed by atoms with Crippen molar-refractivity contribution in [3.63, 3.8) is 0 Å². The Bertz CT molecular complexity index is 427. The van der Waals surface area contributed by atoms with E-state index in [1.165, 1.54) is 12.1 Å². The third-order valence-corrected chi connectivity index (χ3v) is 4.08. The van der Waals surface area contributed by atoms with Crippen LogP contribution in [-0.4, -0.2) is 48.6 Å². The second-order valence-electron chi connectivity index (χ2n) is 5.35. The lowest BCUT2D eigenvalue weighted by Gasteiger charge is -2.38. The predicted octanol–water partition coefficient (Wildman–Crippen LogP) is 1.82. The highest BCUT2D eigenvalue weighted by molar-refractivity contribution is 5.18. The topological polar surface area (TPSA) is 32.5 Å². The molecule has 0 radical (unpaired) electrons. The molecule has 5 heteroatoms. The van der Waals surface area contributed by atoms with Gasteiger partial charge in [-0.1, -0.05) is 13.0 Å². The summed E-state index contributed by atoms with van der Waals surface area (Å²) in [4.78, 5) is 4.60. The minimum Gasteiger partial charge on any atom is -0.329 e. The van der Waals surface area contributed by atoms with E-state index in [4.69, 9.17) is 5.73 Å². The van der Waals surface area contributed by atoms with Crippen LogP contribution in [0, 0.1) is 11.6 Å². The molecule has 0 spiro atoms. The van der Waals surface area contributed by atoms with Gasteiger partial charge >= 0.3 is 0 Å². The summed E-state index contributed by atoms with van der Waals surface area (Å²) in [6.45, 7) is 7.08. The maximum atomic E-state index is 13.6. The summed E-state index contributed by atoms with van der Waals surface area (Å²) in [5, 5.41) is 0. The highest BCUT2D eigenvalue weighted by Gasteiger charge is 2.22. The first-order valence-corrected chi connectivity index (χ1v) is 7.24. The molecule has 1 aromatic rings. The van der Waals surface area contributed by atoms with Crippen LogP contribution >= 0.6 is 0 Å². The van der Waals surface area contributed by atoms with Gasteiger partial charge in [0, 0.05) is 56.9 Å². The lowest BCUT2D eigenvalue weighted by molar-refractivity contribution is 0.0920. The first-order valence-electron chi connectivity index (χ1n) is 7.24. The van der Waals surface area contributed by atoms with Gasteiger partial charge in [-0.05, 0) is 12.5 Å². The zero-order valence-electron chi connectivity index (χ0n) is 12.0. The Labute approximate surface area is 119 Å². The second-order valence-corrected chi connectivity index (χ2v) is 5.35. The van der Waals surface area contributed by atoms with Crippen LogP contribution in [0.4, 0.5) is 8.78 Å². The Morgan fingerprint density at radius 2 is 1.90 bits per heavy atom. The molecule has 3 nitrogen and oxygen atoms in total. The van der Waals surface area contributed by atoms with Crippen molar-refractivity contribution in [1.82, 2.24) is 9.80 Å². The molecule has 0 saturated carbocycles. The van der Waals surface area contributed by atoms with Crippen molar-refractivity contribution < 1.29 is 8.78 Å². The first kappa shape index (κ1) is 15.4. The van der Waals surface area contributed by atoms with Gasteiger partial charge in [0.25, 0.3) is 0 Å². The molecule has 1 atom stereocenters. The molecule has 0 aliphatic carbocycles. The quantitative estimate of drug-likeness (QED) is 0.894. The molecular formula is C15H23F2N3. The van der Waals surface area contributed by atoms with Gasteiger partial charge in [0.05, 0.1) is 0 Å². The summed E-state index contributed by atoms with van der Waals surface area (Å²) in [6, 6.07) is 4.24. The zero-order chi connectivity index (χ0) is 14.5. The van der Waals surface area contributed by atoms with Gasteiger partial charge in [-0.3, -0.25) is 9.80 Å². The van der Waals surface area contributed by atoms with Crippen LogP contribution in [0.5, 0.6) is 0 Å². The molecule has 1 unspecified atom stereocenters. The number of hydrogen-bond donors (Lipinski definition) is 1. The normalized spacial score (nSPS) is 19.2. The van der Waals surface area contributed by atoms with Gasteiger partial charge < -0.3 is 5.73 Å². The van der Waals surface area contributed by atoms with Crippen molar-refractivity contribution in [2.45, 2.75) is 25.9 Å². The first-order chi connectivity index (χ1) is 9.63. The second kappa shape index (κ2) is 7.11. The number of nitrogens with two attached hydrogens (primary N) is 1. The number of nitrogens with zero attached hydrogens (tertiary/aromatic N) is 2. The van der Waals surface area contributed by atoms with Crippen LogP contribution < -0.4 is 5.73 Å². The molecule has 1 aliphatic heterocycles. The smallest absolute Gasteiger partial charge is 0.130 e. The summed E-state index contributed by atoms with van der Waals surface area (Å²) in [5.41, 5.74) is 6.33. The molecule has 1 fully saturated rings. The molecule has 0 bridgehead atoms. The van der Waals surface area contributed by atoms with Crippen LogP contribution in [0.25, 0.3) is 0 Å².